The van der Waals surface area contributed by atoms with E-state index in [0.29, 0.717) is 24.5 Å². The molecule has 2 heterocycles. The lowest BCUT2D eigenvalue weighted by Crippen LogP contribution is -2.26. The van der Waals surface area contributed by atoms with Crippen LogP contribution in [0.2, 0.25) is 0 Å². The average Bonchev–Trinajstić information content (AvgIpc) is 3.28. The van der Waals surface area contributed by atoms with Crippen molar-refractivity contribution < 1.29 is 9.53 Å². The maximum absolute atomic E-state index is 12.2. The van der Waals surface area contributed by atoms with Gasteiger partial charge in [-0.2, -0.15) is 0 Å². The van der Waals surface area contributed by atoms with Crippen molar-refractivity contribution in [2.24, 2.45) is 0 Å². The molecule has 2 aromatic heterocycles. The summed E-state index contributed by atoms with van der Waals surface area (Å²) >= 11 is 1.60. The number of nitrogens with one attached hydrogen (secondary N) is 1. The van der Waals surface area contributed by atoms with Crippen LogP contribution in [0.4, 0.5) is 0 Å². The van der Waals surface area contributed by atoms with Crippen LogP contribution in [0.1, 0.15) is 21.5 Å². The molecule has 0 saturated carbocycles. The molecular weight excluding hydrogens is 434 g/mol. The van der Waals surface area contributed by atoms with E-state index < -0.39 is 0 Å². The molecule has 0 atom stereocenters. The Morgan fingerprint density at radius 1 is 1.06 bits per heavy atom. The first kappa shape index (κ1) is 22.7. The number of aryl methyl sites for hydroxylation is 1. The Balaban J connectivity index is 1.54. The smallest absolute Gasteiger partial charge is 0.251 e. The Labute approximate surface area is 197 Å². The zero-order valence-corrected chi connectivity index (χ0v) is 19.4. The summed E-state index contributed by atoms with van der Waals surface area (Å²) in [4.78, 5) is 16.3. The summed E-state index contributed by atoms with van der Waals surface area (Å²) < 4.78 is 7.04. The first-order valence-electron chi connectivity index (χ1n) is 10.6. The highest BCUT2D eigenvalue weighted by molar-refractivity contribution is 7.98. The molecular formula is C25H25N5O2S. The van der Waals surface area contributed by atoms with Gasteiger partial charge in [0, 0.05) is 48.6 Å². The lowest BCUT2D eigenvalue weighted by molar-refractivity contribution is 0.0937. The third-order valence-electron chi connectivity index (χ3n) is 5.01. The number of thioether (sulfide) groups is 1. The molecule has 0 bridgehead atoms. The van der Waals surface area contributed by atoms with Gasteiger partial charge in [0.1, 0.15) is 0 Å². The molecule has 2 aromatic carbocycles. The maximum Gasteiger partial charge on any atom is 0.251 e. The number of aromatic nitrogens is 4. The van der Waals surface area contributed by atoms with Gasteiger partial charge in [-0.05, 0) is 54.4 Å². The van der Waals surface area contributed by atoms with Gasteiger partial charge in [-0.1, -0.05) is 36.0 Å². The Morgan fingerprint density at radius 3 is 2.58 bits per heavy atom. The zero-order valence-electron chi connectivity index (χ0n) is 18.6. The van der Waals surface area contributed by atoms with Gasteiger partial charge in [0.2, 0.25) is 0 Å². The molecule has 7 nitrogen and oxygen atoms in total. The maximum atomic E-state index is 12.2. The van der Waals surface area contributed by atoms with Crippen LogP contribution in [0.3, 0.4) is 0 Å². The van der Waals surface area contributed by atoms with Crippen LogP contribution in [0.25, 0.3) is 17.1 Å². The van der Waals surface area contributed by atoms with Gasteiger partial charge < -0.3 is 10.1 Å². The summed E-state index contributed by atoms with van der Waals surface area (Å²) in [6.07, 6.45) is 3.51. The van der Waals surface area contributed by atoms with Crippen molar-refractivity contribution >= 4 is 17.7 Å². The molecule has 4 rings (SSSR count). The molecule has 0 aliphatic rings. The van der Waals surface area contributed by atoms with Crippen LogP contribution in [-0.2, 0) is 10.5 Å². The van der Waals surface area contributed by atoms with E-state index in [1.807, 2.05) is 42.5 Å². The standard InChI is InChI=1S/C25H25N5O2S/c1-18-4-3-5-22(16-18)30-23(20-10-12-26-13-11-20)28-29-25(30)33-17-19-6-8-21(9-7-19)24(31)27-14-15-32-2/h3-13,16H,14-15,17H2,1-2H3,(H,27,31). The van der Waals surface area contributed by atoms with Crippen LogP contribution in [0.5, 0.6) is 0 Å². The fourth-order valence-electron chi connectivity index (χ4n) is 3.32. The fraction of sp³-hybridized carbons (Fsp3) is 0.200. The largest absolute Gasteiger partial charge is 0.383 e. The molecule has 0 spiro atoms. The van der Waals surface area contributed by atoms with Crippen molar-refractivity contribution in [1.82, 2.24) is 25.1 Å². The summed E-state index contributed by atoms with van der Waals surface area (Å²) in [6, 6.07) is 19.8. The average molecular weight is 460 g/mol. The van der Waals surface area contributed by atoms with Gasteiger partial charge in [0.25, 0.3) is 5.91 Å². The van der Waals surface area contributed by atoms with E-state index in [2.05, 4.69) is 50.2 Å². The second-order valence-electron chi connectivity index (χ2n) is 7.45. The van der Waals surface area contributed by atoms with Crippen molar-refractivity contribution in [3.8, 4) is 17.1 Å². The van der Waals surface area contributed by atoms with Gasteiger partial charge in [-0.3, -0.25) is 14.3 Å². The lowest BCUT2D eigenvalue weighted by Gasteiger charge is -2.11. The monoisotopic (exact) mass is 459 g/mol. The summed E-state index contributed by atoms with van der Waals surface area (Å²) in [7, 11) is 1.61. The minimum Gasteiger partial charge on any atom is -0.383 e. The Bertz CT molecular complexity index is 1210. The van der Waals surface area contributed by atoms with E-state index in [1.54, 1.807) is 31.3 Å². The van der Waals surface area contributed by atoms with E-state index in [9.17, 15) is 4.79 Å². The van der Waals surface area contributed by atoms with Gasteiger partial charge in [-0.25, -0.2) is 0 Å². The SMILES string of the molecule is COCCNC(=O)c1ccc(CSc2nnc(-c3ccncc3)n2-c2cccc(C)c2)cc1. The van der Waals surface area contributed by atoms with Crippen LogP contribution >= 0.6 is 11.8 Å². The lowest BCUT2D eigenvalue weighted by atomic mass is 10.1. The summed E-state index contributed by atoms with van der Waals surface area (Å²) in [5.41, 5.74) is 4.85. The van der Waals surface area contributed by atoms with E-state index in [0.717, 1.165) is 33.4 Å². The number of carbonyl (C=O) groups is 1. The van der Waals surface area contributed by atoms with Crippen molar-refractivity contribution in [3.05, 3.63) is 89.7 Å². The highest BCUT2D eigenvalue weighted by Crippen LogP contribution is 2.30. The predicted molar refractivity (Wildman–Crippen MR) is 130 cm³/mol. The molecule has 1 N–H and O–H groups in total. The van der Waals surface area contributed by atoms with E-state index in [1.165, 1.54) is 0 Å². The molecule has 168 valence electrons. The zero-order chi connectivity index (χ0) is 23.0. The van der Waals surface area contributed by atoms with Gasteiger partial charge >= 0.3 is 0 Å². The molecule has 0 radical (unpaired) electrons. The van der Waals surface area contributed by atoms with Crippen molar-refractivity contribution in [2.45, 2.75) is 17.8 Å². The second-order valence-corrected chi connectivity index (χ2v) is 8.39. The van der Waals surface area contributed by atoms with Crippen LogP contribution in [0.15, 0.2) is 78.2 Å². The number of benzene rings is 2. The van der Waals surface area contributed by atoms with Crippen LogP contribution in [0, 0.1) is 6.92 Å². The quantitative estimate of drug-likeness (QED) is 0.297. The Morgan fingerprint density at radius 2 is 1.85 bits per heavy atom. The Kier molecular flexibility index (Phi) is 7.49. The van der Waals surface area contributed by atoms with E-state index in [-0.39, 0.29) is 5.91 Å². The number of ether oxygens (including phenoxy) is 1. The number of amides is 1. The van der Waals surface area contributed by atoms with E-state index >= 15 is 0 Å². The van der Waals surface area contributed by atoms with E-state index in [4.69, 9.17) is 4.74 Å². The summed E-state index contributed by atoms with van der Waals surface area (Å²) in [5.74, 6) is 1.37. The highest BCUT2D eigenvalue weighted by Gasteiger charge is 2.16. The number of nitrogens with zero attached hydrogens (tertiary/aromatic N) is 4. The number of rotatable bonds is 9. The summed E-state index contributed by atoms with van der Waals surface area (Å²) in [5, 5.41) is 12.6. The molecule has 4 aromatic rings. The number of hydrogen-bond acceptors (Lipinski definition) is 6. The molecule has 0 unspecified atom stereocenters. The van der Waals surface area contributed by atoms with Gasteiger partial charge in [0.05, 0.1) is 6.61 Å². The van der Waals surface area contributed by atoms with Gasteiger partial charge in [-0.15, -0.1) is 10.2 Å². The fourth-order valence-corrected chi connectivity index (χ4v) is 4.23. The summed E-state index contributed by atoms with van der Waals surface area (Å²) in [6.45, 7) is 3.05. The minimum absolute atomic E-state index is 0.104. The number of methoxy groups -OCH3 is 1. The number of hydrogen-bond donors (Lipinski definition) is 1. The van der Waals surface area contributed by atoms with Crippen LogP contribution < -0.4 is 5.32 Å². The molecule has 33 heavy (non-hydrogen) atoms. The third-order valence-corrected chi connectivity index (χ3v) is 6.01. The Hall–Kier alpha value is -3.49. The van der Waals surface area contributed by atoms with Crippen molar-refractivity contribution in [3.63, 3.8) is 0 Å². The number of pyridine rings is 1. The highest BCUT2D eigenvalue weighted by atomic mass is 32.2. The topological polar surface area (TPSA) is 81.9 Å². The second kappa shape index (κ2) is 10.9. The molecule has 0 fully saturated rings. The van der Waals surface area contributed by atoms with Crippen molar-refractivity contribution in [1.29, 1.82) is 0 Å². The first-order valence-corrected chi connectivity index (χ1v) is 11.6. The van der Waals surface area contributed by atoms with Gasteiger partial charge in [0.15, 0.2) is 11.0 Å². The number of carbonyl (C=O) groups excluding carboxylic acids is 1. The molecule has 0 aliphatic carbocycles. The normalized spacial score (nSPS) is 10.8. The van der Waals surface area contributed by atoms with Crippen LogP contribution in [-0.4, -0.2) is 45.9 Å². The van der Waals surface area contributed by atoms with Crippen molar-refractivity contribution in [2.75, 3.05) is 20.3 Å². The molecule has 0 aliphatic heterocycles. The molecule has 8 heteroatoms. The molecule has 0 saturated heterocycles. The predicted octanol–water partition coefficient (Wildman–Crippen LogP) is 4.31. The minimum atomic E-state index is -0.104. The first-order chi connectivity index (χ1) is 16.2. The molecule has 1 amide bonds. The third kappa shape index (κ3) is 5.66.